The summed E-state index contributed by atoms with van der Waals surface area (Å²) in [5, 5.41) is 7.43. The Morgan fingerprint density at radius 1 is 0.462 bits per heavy atom. The molecule has 9 aromatic rings. The van der Waals surface area contributed by atoms with E-state index in [-0.39, 0.29) is 0 Å². The highest BCUT2D eigenvalue weighted by Gasteiger charge is 2.18. The summed E-state index contributed by atoms with van der Waals surface area (Å²) < 4.78 is 11.5. The molecule has 6 aromatic carbocycles. The minimum Gasteiger partial charge on any atom is -0.454 e. The topological polar surface area (TPSA) is 18.1 Å². The Hall–Kier alpha value is -4.86. The molecule has 0 N–H and O–H groups in total. The lowest BCUT2D eigenvalue weighted by molar-refractivity contribution is 0.666. The van der Waals surface area contributed by atoms with Crippen molar-refractivity contribution in [1.82, 2.24) is 4.57 Å². The molecule has 39 heavy (non-hydrogen) atoms. The molecule has 0 amide bonds. The molecule has 0 aliphatic carbocycles. The van der Waals surface area contributed by atoms with E-state index in [1.54, 1.807) is 0 Å². The molecule has 0 spiro atoms. The molecular weight excluding hydrogens is 494 g/mol. The van der Waals surface area contributed by atoms with Crippen molar-refractivity contribution < 1.29 is 4.42 Å². The molecular formula is C36H21NOS. The number of hydrogen-bond acceptors (Lipinski definition) is 2. The summed E-state index contributed by atoms with van der Waals surface area (Å²) in [6, 6.07) is 45.9. The van der Waals surface area contributed by atoms with E-state index in [1.165, 1.54) is 53.1 Å². The van der Waals surface area contributed by atoms with Gasteiger partial charge in [-0.1, -0.05) is 78.9 Å². The molecule has 0 bridgehead atoms. The Morgan fingerprint density at radius 3 is 2.05 bits per heavy atom. The van der Waals surface area contributed by atoms with E-state index < -0.39 is 0 Å². The van der Waals surface area contributed by atoms with Gasteiger partial charge in [0.2, 0.25) is 0 Å². The van der Waals surface area contributed by atoms with Crippen molar-refractivity contribution in [1.29, 1.82) is 0 Å². The van der Waals surface area contributed by atoms with Crippen LogP contribution in [0, 0.1) is 0 Å². The molecule has 0 unspecified atom stereocenters. The van der Waals surface area contributed by atoms with Crippen LogP contribution >= 0.6 is 11.3 Å². The van der Waals surface area contributed by atoms with Crippen LogP contribution in [0.25, 0.3) is 80.7 Å². The second-order valence-electron chi connectivity index (χ2n) is 10.1. The minimum atomic E-state index is 0.916. The number of nitrogens with zero attached hydrogens (tertiary/aromatic N) is 1. The first-order valence-corrected chi connectivity index (χ1v) is 14.0. The zero-order chi connectivity index (χ0) is 25.5. The second kappa shape index (κ2) is 7.83. The maximum absolute atomic E-state index is 6.45. The maximum Gasteiger partial charge on any atom is 0.159 e. The van der Waals surface area contributed by atoms with E-state index in [1.807, 2.05) is 23.5 Å². The van der Waals surface area contributed by atoms with Gasteiger partial charge in [0, 0.05) is 41.7 Å². The van der Waals surface area contributed by atoms with Gasteiger partial charge in [0.05, 0.1) is 16.7 Å². The molecule has 2 nitrogen and oxygen atoms in total. The summed E-state index contributed by atoms with van der Waals surface area (Å²) in [4.78, 5) is 0. The summed E-state index contributed by atoms with van der Waals surface area (Å²) in [6.45, 7) is 0. The lowest BCUT2D eigenvalue weighted by Gasteiger charge is -2.09. The van der Waals surface area contributed by atoms with Crippen LogP contribution in [0.5, 0.6) is 0 Å². The zero-order valence-corrected chi connectivity index (χ0v) is 21.7. The molecule has 182 valence electrons. The molecule has 9 rings (SSSR count). The predicted octanol–water partition coefficient (Wildman–Crippen LogP) is 10.7. The number of hydrogen-bond donors (Lipinski definition) is 0. The smallest absolute Gasteiger partial charge is 0.159 e. The number of thiophene rings is 1. The van der Waals surface area contributed by atoms with Crippen LogP contribution in [0.4, 0.5) is 0 Å². The Balaban J connectivity index is 1.31. The number of furan rings is 1. The van der Waals surface area contributed by atoms with Crippen molar-refractivity contribution in [3.05, 3.63) is 127 Å². The highest BCUT2D eigenvalue weighted by molar-refractivity contribution is 7.25. The van der Waals surface area contributed by atoms with E-state index in [2.05, 4.69) is 120 Å². The van der Waals surface area contributed by atoms with Gasteiger partial charge in [0.25, 0.3) is 0 Å². The van der Waals surface area contributed by atoms with Gasteiger partial charge < -0.3 is 8.98 Å². The Labute approximate surface area is 227 Å². The van der Waals surface area contributed by atoms with Crippen LogP contribution in [0.1, 0.15) is 0 Å². The Bertz CT molecular complexity index is 2400. The van der Waals surface area contributed by atoms with E-state index in [0.29, 0.717) is 0 Å². The number of fused-ring (bicyclic) bond motifs is 9. The fourth-order valence-corrected chi connectivity index (χ4v) is 7.31. The standard InChI is InChI=1S/C36H21NOS/c1-4-12-30-24(8-1)28-20-22(23-17-19-35-29(21-23)26-10-3-6-15-34(26)39-35)16-18-31(28)37(30)32-13-7-11-27-25-9-2-5-14-33(25)38-36(27)32/h1-21H. The van der Waals surface area contributed by atoms with Gasteiger partial charge in [-0.2, -0.15) is 0 Å². The van der Waals surface area contributed by atoms with Crippen LogP contribution in [0.3, 0.4) is 0 Å². The minimum absolute atomic E-state index is 0.916. The summed E-state index contributed by atoms with van der Waals surface area (Å²) in [6.07, 6.45) is 0. The van der Waals surface area contributed by atoms with Gasteiger partial charge in [-0.3, -0.25) is 0 Å². The molecule has 3 heteroatoms. The number of para-hydroxylation sites is 3. The second-order valence-corrected chi connectivity index (χ2v) is 11.2. The third-order valence-electron chi connectivity index (χ3n) is 8.01. The molecule has 3 aromatic heterocycles. The fraction of sp³-hybridized carbons (Fsp3) is 0. The third kappa shape index (κ3) is 2.96. The quantitative estimate of drug-likeness (QED) is 0.224. The lowest BCUT2D eigenvalue weighted by Crippen LogP contribution is -1.94. The largest absolute Gasteiger partial charge is 0.454 e. The zero-order valence-electron chi connectivity index (χ0n) is 20.9. The molecule has 0 atom stereocenters. The van der Waals surface area contributed by atoms with Gasteiger partial charge in [0.15, 0.2) is 5.58 Å². The summed E-state index contributed by atoms with van der Waals surface area (Å²) in [5.74, 6) is 0. The van der Waals surface area contributed by atoms with Crippen molar-refractivity contribution in [2.24, 2.45) is 0 Å². The van der Waals surface area contributed by atoms with E-state index in [9.17, 15) is 0 Å². The SMILES string of the molecule is c1ccc2c(c1)oc1c(-n3c4ccccc4c4cc(-c5ccc6sc7ccccc7c6c5)ccc43)cccc12. The first-order chi connectivity index (χ1) is 19.3. The van der Waals surface area contributed by atoms with Crippen LogP contribution in [-0.4, -0.2) is 4.57 Å². The van der Waals surface area contributed by atoms with Crippen molar-refractivity contribution in [3.63, 3.8) is 0 Å². The normalized spacial score (nSPS) is 12.1. The molecule has 0 fully saturated rings. The van der Waals surface area contributed by atoms with Gasteiger partial charge in [-0.15, -0.1) is 11.3 Å². The molecule has 3 heterocycles. The lowest BCUT2D eigenvalue weighted by atomic mass is 10.0. The van der Waals surface area contributed by atoms with Crippen molar-refractivity contribution in [2.75, 3.05) is 0 Å². The van der Waals surface area contributed by atoms with Crippen LogP contribution in [-0.2, 0) is 0 Å². The average molecular weight is 516 g/mol. The van der Waals surface area contributed by atoms with E-state index >= 15 is 0 Å². The molecule has 0 aliphatic heterocycles. The van der Waals surface area contributed by atoms with Gasteiger partial charge in [-0.05, 0) is 59.7 Å². The summed E-state index contributed by atoms with van der Waals surface area (Å²) in [5.41, 5.74) is 7.72. The highest BCUT2D eigenvalue weighted by atomic mass is 32.1. The Morgan fingerprint density at radius 2 is 1.13 bits per heavy atom. The predicted molar refractivity (Wildman–Crippen MR) is 166 cm³/mol. The fourth-order valence-electron chi connectivity index (χ4n) is 6.23. The third-order valence-corrected chi connectivity index (χ3v) is 9.16. The highest BCUT2D eigenvalue weighted by Crippen LogP contribution is 2.40. The van der Waals surface area contributed by atoms with Crippen LogP contribution in [0.15, 0.2) is 132 Å². The van der Waals surface area contributed by atoms with Crippen molar-refractivity contribution >= 4 is 75.3 Å². The van der Waals surface area contributed by atoms with Gasteiger partial charge in [0.1, 0.15) is 5.58 Å². The number of rotatable bonds is 2. The van der Waals surface area contributed by atoms with Crippen LogP contribution in [0.2, 0.25) is 0 Å². The van der Waals surface area contributed by atoms with Gasteiger partial charge >= 0.3 is 0 Å². The summed E-state index contributed by atoms with van der Waals surface area (Å²) >= 11 is 1.86. The van der Waals surface area contributed by atoms with Crippen molar-refractivity contribution in [3.8, 4) is 16.8 Å². The number of benzene rings is 6. The summed E-state index contributed by atoms with van der Waals surface area (Å²) in [7, 11) is 0. The monoisotopic (exact) mass is 515 g/mol. The number of aromatic nitrogens is 1. The molecule has 0 aliphatic rings. The molecule has 0 radical (unpaired) electrons. The first kappa shape index (κ1) is 21.1. The average Bonchev–Trinajstić information content (AvgIpc) is 3.66. The van der Waals surface area contributed by atoms with Crippen LogP contribution < -0.4 is 0 Å². The molecule has 0 saturated carbocycles. The van der Waals surface area contributed by atoms with Gasteiger partial charge in [-0.25, -0.2) is 0 Å². The van der Waals surface area contributed by atoms with E-state index in [4.69, 9.17) is 4.42 Å². The molecule has 0 saturated heterocycles. The Kier molecular flexibility index (Phi) is 4.24. The first-order valence-electron chi connectivity index (χ1n) is 13.2. The maximum atomic E-state index is 6.45. The van der Waals surface area contributed by atoms with E-state index in [0.717, 1.165) is 27.6 Å². The van der Waals surface area contributed by atoms with Crippen molar-refractivity contribution in [2.45, 2.75) is 0 Å².